The van der Waals surface area contributed by atoms with Crippen molar-refractivity contribution in [1.29, 1.82) is 0 Å². The molecular formula is C13H23NO. The lowest BCUT2D eigenvalue weighted by atomic mass is 9.81. The minimum Gasteiger partial charge on any atom is -0.505 e. The van der Waals surface area contributed by atoms with Gasteiger partial charge in [-0.15, -0.1) is 0 Å². The van der Waals surface area contributed by atoms with Crippen molar-refractivity contribution in [2.24, 2.45) is 5.92 Å². The molecule has 0 aromatic carbocycles. The Morgan fingerprint density at radius 2 is 2.07 bits per heavy atom. The fourth-order valence-electron chi connectivity index (χ4n) is 3.17. The average molecular weight is 209 g/mol. The van der Waals surface area contributed by atoms with Crippen LogP contribution in [-0.4, -0.2) is 30.6 Å². The quantitative estimate of drug-likeness (QED) is 0.648. The van der Waals surface area contributed by atoms with E-state index in [0.29, 0.717) is 6.04 Å². The molecule has 15 heavy (non-hydrogen) atoms. The number of hydrogen-bond donors (Lipinski definition) is 0. The molecular weight excluding hydrogens is 186 g/mol. The molecule has 2 aliphatic rings. The monoisotopic (exact) mass is 209 g/mol. The molecule has 0 aromatic heterocycles. The number of hydrogen-bond acceptors (Lipinski definition) is 2. The maximum atomic E-state index is 5.04. The fraction of sp³-hybridized carbons (Fsp3) is 0.846. The molecule has 0 saturated carbocycles. The first-order valence-corrected chi connectivity index (χ1v) is 6.28. The van der Waals surface area contributed by atoms with Crippen LogP contribution in [0.15, 0.2) is 12.3 Å². The van der Waals surface area contributed by atoms with E-state index in [1.165, 1.54) is 38.6 Å². The maximum Gasteiger partial charge on any atom is 0.0800 e. The summed E-state index contributed by atoms with van der Waals surface area (Å²) in [5.41, 5.74) is 0. The summed E-state index contributed by atoms with van der Waals surface area (Å²) in [6.45, 7) is 3.70. The number of nitrogens with zero attached hydrogens (tertiary/aromatic N) is 1. The van der Waals surface area contributed by atoms with Gasteiger partial charge in [-0.1, -0.05) is 13.3 Å². The van der Waals surface area contributed by atoms with E-state index in [4.69, 9.17) is 4.74 Å². The van der Waals surface area contributed by atoms with Crippen molar-refractivity contribution in [3.63, 3.8) is 0 Å². The van der Waals surface area contributed by atoms with E-state index in [1.807, 2.05) is 6.26 Å². The molecule has 0 bridgehead atoms. The molecule has 2 heteroatoms. The minimum absolute atomic E-state index is 0.631. The summed E-state index contributed by atoms with van der Waals surface area (Å²) < 4.78 is 5.04. The van der Waals surface area contributed by atoms with Crippen LogP contribution in [0.2, 0.25) is 0 Å². The van der Waals surface area contributed by atoms with Gasteiger partial charge in [-0.2, -0.15) is 0 Å². The second-order valence-corrected chi connectivity index (χ2v) is 4.99. The van der Waals surface area contributed by atoms with Gasteiger partial charge in [0.25, 0.3) is 0 Å². The molecule has 0 amide bonds. The topological polar surface area (TPSA) is 12.5 Å². The van der Waals surface area contributed by atoms with Crippen LogP contribution in [-0.2, 0) is 4.74 Å². The van der Waals surface area contributed by atoms with Crippen LogP contribution < -0.4 is 0 Å². The summed E-state index contributed by atoms with van der Waals surface area (Å²) in [7, 11) is 1.73. The second kappa shape index (κ2) is 5.02. The standard InChI is InChI=1S/C13H23NO/c1-11-6-7-12(8-10-15-2)14-9-4-3-5-13(11)14/h8,10-13H,3-7,9H2,1-2H3/b10-8+/t11-,12+,13+/m1/s1. The largest absolute Gasteiger partial charge is 0.505 e. The number of methoxy groups -OCH3 is 1. The molecule has 2 rings (SSSR count). The van der Waals surface area contributed by atoms with Crippen molar-refractivity contribution >= 4 is 0 Å². The fourth-order valence-corrected chi connectivity index (χ4v) is 3.17. The lowest BCUT2D eigenvalue weighted by Gasteiger charge is -2.47. The third kappa shape index (κ3) is 2.36. The van der Waals surface area contributed by atoms with Crippen LogP contribution in [0.1, 0.15) is 39.0 Å². The van der Waals surface area contributed by atoms with Crippen LogP contribution in [0.4, 0.5) is 0 Å². The van der Waals surface area contributed by atoms with Crippen LogP contribution in [0.5, 0.6) is 0 Å². The van der Waals surface area contributed by atoms with Gasteiger partial charge in [0.2, 0.25) is 0 Å². The second-order valence-electron chi connectivity index (χ2n) is 4.99. The van der Waals surface area contributed by atoms with E-state index in [2.05, 4.69) is 17.9 Å². The molecule has 0 N–H and O–H groups in total. The SMILES string of the molecule is CO/C=C/[C@@H]1CC[C@@H](C)[C@@H]2CCCCN12. The molecule has 0 aliphatic carbocycles. The highest BCUT2D eigenvalue weighted by Gasteiger charge is 2.35. The van der Waals surface area contributed by atoms with E-state index in [1.54, 1.807) is 7.11 Å². The highest BCUT2D eigenvalue weighted by atomic mass is 16.5. The van der Waals surface area contributed by atoms with Crippen LogP contribution >= 0.6 is 0 Å². The molecule has 0 aromatic rings. The zero-order valence-corrected chi connectivity index (χ0v) is 9.98. The first-order valence-electron chi connectivity index (χ1n) is 6.28. The average Bonchev–Trinajstić information content (AvgIpc) is 2.29. The van der Waals surface area contributed by atoms with Gasteiger partial charge in [-0.05, 0) is 44.2 Å². The van der Waals surface area contributed by atoms with E-state index >= 15 is 0 Å². The van der Waals surface area contributed by atoms with E-state index in [-0.39, 0.29) is 0 Å². The Morgan fingerprint density at radius 1 is 1.20 bits per heavy atom. The van der Waals surface area contributed by atoms with E-state index in [9.17, 15) is 0 Å². The third-order valence-corrected chi connectivity index (χ3v) is 4.03. The lowest BCUT2D eigenvalue weighted by Crippen LogP contribution is -2.51. The molecule has 0 unspecified atom stereocenters. The number of rotatable bonds is 2. The Bertz CT molecular complexity index is 227. The van der Waals surface area contributed by atoms with Crippen LogP contribution in [0.25, 0.3) is 0 Å². The van der Waals surface area contributed by atoms with Crippen molar-refractivity contribution in [3.05, 3.63) is 12.3 Å². The Morgan fingerprint density at radius 3 is 2.87 bits per heavy atom. The highest BCUT2D eigenvalue weighted by Crippen LogP contribution is 2.34. The zero-order valence-electron chi connectivity index (χ0n) is 9.98. The van der Waals surface area contributed by atoms with Gasteiger partial charge >= 0.3 is 0 Å². The Hall–Kier alpha value is -0.500. The molecule has 3 atom stereocenters. The lowest BCUT2D eigenvalue weighted by molar-refractivity contribution is 0.0363. The Balaban J connectivity index is 2.03. The van der Waals surface area contributed by atoms with Crippen molar-refractivity contribution < 1.29 is 4.74 Å². The summed E-state index contributed by atoms with van der Waals surface area (Å²) in [5.74, 6) is 0.887. The van der Waals surface area contributed by atoms with Gasteiger partial charge in [0.05, 0.1) is 13.4 Å². The number of ether oxygens (including phenoxy) is 1. The van der Waals surface area contributed by atoms with Crippen LogP contribution in [0, 0.1) is 5.92 Å². The van der Waals surface area contributed by atoms with Gasteiger partial charge in [-0.25, -0.2) is 0 Å². The molecule has 2 saturated heterocycles. The van der Waals surface area contributed by atoms with Gasteiger partial charge in [-0.3, -0.25) is 4.90 Å². The molecule has 2 aliphatic heterocycles. The van der Waals surface area contributed by atoms with Crippen molar-refractivity contribution in [1.82, 2.24) is 4.90 Å². The zero-order chi connectivity index (χ0) is 10.7. The highest BCUT2D eigenvalue weighted by molar-refractivity contribution is 4.99. The Kier molecular flexibility index (Phi) is 3.68. The first kappa shape index (κ1) is 11.0. The molecule has 2 fully saturated rings. The number of fused-ring (bicyclic) bond motifs is 1. The third-order valence-electron chi connectivity index (χ3n) is 4.03. The molecule has 0 spiro atoms. The van der Waals surface area contributed by atoms with Crippen molar-refractivity contribution in [3.8, 4) is 0 Å². The van der Waals surface area contributed by atoms with Crippen molar-refractivity contribution in [2.75, 3.05) is 13.7 Å². The summed E-state index contributed by atoms with van der Waals surface area (Å²) >= 11 is 0. The van der Waals surface area contributed by atoms with E-state index < -0.39 is 0 Å². The molecule has 86 valence electrons. The molecule has 2 nitrogen and oxygen atoms in total. The summed E-state index contributed by atoms with van der Waals surface area (Å²) in [4.78, 5) is 2.70. The maximum absolute atomic E-state index is 5.04. The van der Waals surface area contributed by atoms with E-state index in [0.717, 1.165) is 12.0 Å². The smallest absolute Gasteiger partial charge is 0.0800 e. The first-order chi connectivity index (χ1) is 7.33. The molecule has 2 heterocycles. The van der Waals surface area contributed by atoms with Crippen molar-refractivity contribution in [2.45, 2.75) is 51.1 Å². The normalized spacial score (nSPS) is 37.9. The summed E-state index contributed by atoms with van der Waals surface area (Å²) in [6, 6.07) is 1.46. The number of piperidine rings is 2. The summed E-state index contributed by atoms with van der Waals surface area (Å²) in [6.07, 6.45) is 11.0. The van der Waals surface area contributed by atoms with Gasteiger partial charge in [0, 0.05) is 12.1 Å². The Labute approximate surface area is 93.3 Å². The van der Waals surface area contributed by atoms with Gasteiger partial charge in [0.15, 0.2) is 0 Å². The van der Waals surface area contributed by atoms with Gasteiger partial charge in [0.1, 0.15) is 0 Å². The predicted octanol–water partition coefficient (Wildman–Crippen LogP) is 2.80. The van der Waals surface area contributed by atoms with Crippen LogP contribution in [0.3, 0.4) is 0 Å². The summed E-state index contributed by atoms with van der Waals surface area (Å²) in [5, 5.41) is 0. The van der Waals surface area contributed by atoms with Gasteiger partial charge < -0.3 is 4.74 Å². The predicted molar refractivity (Wildman–Crippen MR) is 62.7 cm³/mol. The minimum atomic E-state index is 0.631. The molecule has 0 radical (unpaired) electrons.